The number of hydrogen-bond donors (Lipinski definition) is 0. The highest BCUT2D eigenvalue weighted by atomic mass is 32.1. The Morgan fingerprint density at radius 1 is 1.32 bits per heavy atom. The minimum Gasteiger partial charge on any atom is -0.497 e. The predicted molar refractivity (Wildman–Crippen MR) is 92.9 cm³/mol. The van der Waals surface area contributed by atoms with Crippen LogP contribution in [0, 0.1) is 6.92 Å². The summed E-state index contributed by atoms with van der Waals surface area (Å²) in [6.45, 7) is 1.86. The molecule has 3 rings (SSSR count). The summed E-state index contributed by atoms with van der Waals surface area (Å²) in [5.41, 5.74) is 2.40. The first-order valence-electron chi connectivity index (χ1n) is 7.36. The van der Waals surface area contributed by atoms with E-state index >= 15 is 0 Å². The lowest BCUT2D eigenvalue weighted by atomic mass is 10.2. The third kappa shape index (κ3) is 3.61. The number of esters is 1. The molecule has 1 aromatic carbocycles. The van der Waals surface area contributed by atoms with Crippen LogP contribution in [0.5, 0.6) is 5.75 Å². The highest BCUT2D eigenvalue weighted by Gasteiger charge is 2.17. The van der Waals surface area contributed by atoms with Gasteiger partial charge in [-0.1, -0.05) is 16.5 Å². The van der Waals surface area contributed by atoms with Crippen LogP contribution in [0.1, 0.15) is 11.4 Å². The van der Waals surface area contributed by atoms with Crippen molar-refractivity contribution in [1.82, 2.24) is 14.6 Å². The molecular formula is C16H16N4O4S. The smallest absolute Gasteiger partial charge is 0.318 e. The van der Waals surface area contributed by atoms with Gasteiger partial charge in [-0.2, -0.15) is 5.10 Å². The van der Waals surface area contributed by atoms with Crippen molar-refractivity contribution < 1.29 is 19.1 Å². The zero-order chi connectivity index (χ0) is 17.8. The first kappa shape index (κ1) is 16.9. The van der Waals surface area contributed by atoms with E-state index in [0.29, 0.717) is 5.69 Å². The third-order valence-corrected chi connectivity index (χ3v) is 4.46. The first-order valence-corrected chi connectivity index (χ1v) is 8.18. The lowest BCUT2D eigenvalue weighted by Gasteiger charge is -2.00. The van der Waals surface area contributed by atoms with Gasteiger partial charge in [0.2, 0.25) is 11.4 Å². The van der Waals surface area contributed by atoms with E-state index in [1.807, 2.05) is 31.2 Å². The molecule has 8 nitrogen and oxygen atoms in total. The van der Waals surface area contributed by atoms with Crippen LogP contribution in [0.2, 0.25) is 0 Å². The molecule has 2 heterocycles. The van der Waals surface area contributed by atoms with Crippen molar-refractivity contribution in [3.63, 3.8) is 0 Å². The topological polar surface area (TPSA) is 87.3 Å². The molecule has 0 aliphatic heterocycles. The van der Waals surface area contributed by atoms with Crippen molar-refractivity contribution >= 4 is 28.7 Å². The average molecular weight is 360 g/mol. The molecule has 0 spiro atoms. The van der Waals surface area contributed by atoms with Gasteiger partial charge in [-0.25, -0.2) is 9.50 Å². The predicted octanol–water partition coefficient (Wildman–Crippen LogP) is 2.45. The molecule has 0 radical (unpaired) electrons. The molecule has 9 heteroatoms. The Morgan fingerprint density at radius 2 is 2.08 bits per heavy atom. The first-order chi connectivity index (χ1) is 12.1. The van der Waals surface area contributed by atoms with Gasteiger partial charge in [-0.3, -0.25) is 4.79 Å². The van der Waals surface area contributed by atoms with Crippen molar-refractivity contribution in [3.05, 3.63) is 35.7 Å². The van der Waals surface area contributed by atoms with Gasteiger partial charge in [0.1, 0.15) is 17.9 Å². The van der Waals surface area contributed by atoms with Gasteiger partial charge in [-0.15, -0.1) is 0 Å². The molecule has 0 N–H and O–H groups in total. The summed E-state index contributed by atoms with van der Waals surface area (Å²) in [5.74, 6) is 0.323. The fraction of sp³-hybridized carbons (Fsp3) is 0.250. The Morgan fingerprint density at radius 3 is 2.72 bits per heavy atom. The number of aryl methyl sites for hydroxylation is 1. The van der Waals surface area contributed by atoms with E-state index in [1.54, 1.807) is 11.6 Å². The summed E-state index contributed by atoms with van der Waals surface area (Å²) in [7, 11) is 2.99. The molecule has 0 saturated heterocycles. The average Bonchev–Trinajstić information content (AvgIpc) is 3.15. The van der Waals surface area contributed by atoms with Gasteiger partial charge >= 0.3 is 5.97 Å². The molecular weight excluding hydrogens is 344 g/mol. The molecule has 2 aromatic heterocycles. The number of benzene rings is 1. The van der Waals surface area contributed by atoms with E-state index in [-0.39, 0.29) is 6.42 Å². The number of imidazole rings is 1. The number of ether oxygens (including phenoxy) is 2. The maximum Gasteiger partial charge on any atom is 0.318 e. The molecule has 25 heavy (non-hydrogen) atoms. The molecule has 3 aromatic rings. The van der Waals surface area contributed by atoms with Gasteiger partial charge < -0.3 is 14.3 Å². The number of fused-ring (bicyclic) bond motifs is 1. The van der Waals surface area contributed by atoms with E-state index in [2.05, 4.69) is 20.1 Å². The van der Waals surface area contributed by atoms with Crippen molar-refractivity contribution in [1.29, 1.82) is 0 Å². The van der Waals surface area contributed by atoms with Gasteiger partial charge in [0.05, 0.1) is 24.9 Å². The number of hydrogen-bond acceptors (Lipinski definition) is 8. The summed E-state index contributed by atoms with van der Waals surface area (Å²) >= 11 is 1.45. The minimum atomic E-state index is -0.468. The van der Waals surface area contributed by atoms with E-state index in [9.17, 15) is 4.79 Å². The number of aromatic nitrogens is 3. The molecule has 0 bridgehead atoms. The Labute approximate surface area is 147 Å². The normalized spacial score (nSPS) is 11.2. The van der Waals surface area contributed by atoms with Crippen molar-refractivity contribution in [3.8, 4) is 16.3 Å². The molecule has 0 saturated carbocycles. The second kappa shape index (κ2) is 7.31. The van der Waals surface area contributed by atoms with E-state index in [4.69, 9.17) is 9.47 Å². The van der Waals surface area contributed by atoms with Gasteiger partial charge in [-0.05, 0) is 31.2 Å². The summed E-state index contributed by atoms with van der Waals surface area (Å²) in [5, 5.41) is 8.77. The minimum absolute atomic E-state index is 0.0372. The zero-order valence-electron chi connectivity index (χ0n) is 13.9. The highest BCUT2D eigenvalue weighted by Crippen LogP contribution is 2.28. The van der Waals surface area contributed by atoms with Crippen molar-refractivity contribution in [2.24, 2.45) is 5.16 Å². The third-order valence-electron chi connectivity index (χ3n) is 3.51. The summed E-state index contributed by atoms with van der Waals surface area (Å²) in [4.78, 5) is 21.4. The van der Waals surface area contributed by atoms with Crippen molar-refractivity contribution in [2.75, 3.05) is 14.2 Å². The van der Waals surface area contributed by atoms with Crippen LogP contribution >= 0.6 is 11.3 Å². The van der Waals surface area contributed by atoms with Crippen LogP contribution < -0.4 is 4.74 Å². The van der Waals surface area contributed by atoms with Gasteiger partial charge in [0, 0.05) is 5.56 Å². The molecule has 0 atom stereocenters. The summed E-state index contributed by atoms with van der Waals surface area (Å²) < 4.78 is 11.7. The van der Waals surface area contributed by atoms with Crippen LogP contribution in [0.4, 0.5) is 0 Å². The Hall–Kier alpha value is -2.94. The molecule has 0 aliphatic carbocycles. The number of carbonyl (C=O) groups excluding carboxylic acids is 1. The van der Waals surface area contributed by atoms with E-state index in [1.165, 1.54) is 18.4 Å². The Kier molecular flexibility index (Phi) is 4.94. The molecule has 0 amide bonds. The molecule has 0 unspecified atom stereocenters. The summed E-state index contributed by atoms with van der Waals surface area (Å²) in [6.07, 6.45) is 0.992. The fourth-order valence-electron chi connectivity index (χ4n) is 2.21. The van der Waals surface area contributed by atoms with E-state index in [0.717, 1.165) is 33.4 Å². The Balaban J connectivity index is 1.80. The van der Waals surface area contributed by atoms with E-state index < -0.39 is 5.97 Å². The monoisotopic (exact) mass is 360 g/mol. The number of oxime groups is 1. The van der Waals surface area contributed by atoms with Crippen LogP contribution in [0.25, 0.3) is 15.5 Å². The maximum absolute atomic E-state index is 11.7. The second-order valence-corrected chi connectivity index (χ2v) is 5.99. The van der Waals surface area contributed by atoms with Crippen LogP contribution in [-0.2, 0) is 20.8 Å². The number of carbonyl (C=O) groups is 1. The maximum atomic E-state index is 11.7. The van der Waals surface area contributed by atoms with Crippen LogP contribution in [0.15, 0.2) is 29.4 Å². The number of methoxy groups -OCH3 is 1. The van der Waals surface area contributed by atoms with Crippen LogP contribution in [-0.4, -0.2) is 41.2 Å². The van der Waals surface area contributed by atoms with Crippen LogP contribution in [0.3, 0.4) is 0 Å². The Bertz CT molecular complexity index is 914. The molecule has 130 valence electrons. The standard InChI is InChI=1S/C16H16N4O4S/c1-10-13(8-14(21)24-9-17-23-3)18-16-20(10)19-15(25-16)11-4-6-12(22-2)7-5-11/h4-7,9H,8H2,1-3H3. The summed E-state index contributed by atoms with van der Waals surface area (Å²) in [6, 6.07) is 7.66. The lowest BCUT2D eigenvalue weighted by Crippen LogP contribution is -2.08. The van der Waals surface area contributed by atoms with Gasteiger partial charge in [0.15, 0.2) is 0 Å². The largest absolute Gasteiger partial charge is 0.497 e. The highest BCUT2D eigenvalue weighted by molar-refractivity contribution is 7.19. The quantitative estimate of drug-likeness (QED) is 0.290. The molecule has 0 fully saturated rings. The SMILES string of the molecule is CON=COC(=O)Cc1nc2sc(-c3ccc(OC)cc3)nn2c1C. The fourth-order valence-corrected chi connectivity index (χ4v) is 3.18. The second-order valence-electron chi connectivity index (χ2n) is 5.03. The van der Waals surface area contributed by atoms with Gasteiger partial charge in [0.25, 0.3) is 0 Å². The number of rotatable bonds is 6. The molecule has 0 aliphatic rings. The lowest BCUT2D eigenvalue weighted by molar-refractivity contribution is -0.134. The zero-order valence-corrected chi connectivity index (χ0v) is 14.7. The number of nitrogens with zero attached hydrogens (tertiary/aromatic N) is 4. The van der Waals surface area contributed by atoms with Crippen molar-refractivity contribution in [2.45, 2.75) is 13.3 Å².